The lowest BCUT2D eigenvalue weighted by molar-refractivity contribution is 0.354. The zero-order valence-electron chi connectivity index (χ0n) is 18.0. The number of rotatable bonds is 7. The fraction of sp³-hybridized carbons (Fsp3) is 0.167. The van der Waals surface area contributed by atoms with E-state index < -0.39 is 10.0 Å². The second-order valence-corrected chi connectivity index (χ2v) is 8.97. The number of aromatic nitrogens is 2. The van der Waals surface area contributed by atoms with Gasteiger partial charge >= 0.3 is 0 Å². The van der Waals surface area contributed by atoms with Crippen LogP contribution in [-0.4, -0.2) is 32.6 Å². The summed E-state index contributed by atoms with van der Waals surface area (Å²) < 4.78 is 39.4. The maximum absolute atomic E-state index is 13.0. The first-order valence-corrected chi connectivity index (χ1v) is 11.4. The number of ether oxygens (including phenoxy) is 2. The molecule has 0 amide bonds. The van der Waals surface area contributed by atoms with Crippen LogP contribution in [0.5, 0.6) is 11.5 Å². The van der Waals surface area contributed by atoms with Crippen molar-refractivity contribution in [3.05, 3.63) is 83.6 Å². The summed E-state index contributed by atoms with van der Waals surface area (Å²) in [6, 6.07) is 19.5. The molecule has 0 atom stereocenters. The quantitative estimate of drug-likeness (QED) is 0.451. The number of hydrogen-bond donors (Lipinski definition) is 1. The maximum atomic E-state index is 13.0. The zero-order valence-corrected chi connectivity index (χ0v) is 18.8. The first kappa shape index (κ1) is 21.6. The predicted octanol–water partition coefficient (Wildman–Crippen LogP) is 4.35. The Bertz CT molecular complexity index is 1370. The highest BCUT2D eigenvalue weighted by molar-refractivity contribution is 7.92. The molecule has 8 heteroatoms. The molecular weight excluding hydrogens is 426 g/mol. The van der Waals surface area contributed by atoms with Crippen molar-refractivity contribution in [2.45, 2.75) is 18.2 Å². The van der Waals surface area contributed by atoms with Gasteiger partial charge in [0.15, 0.2) is 17.3 Å². The summed E-state index contributed by atoms with van der Waals surface area (Å²) in [7, 11) is -0.692. The average Bonchev–Trinajstić information content (AvgIpc) is 2.79. The molecule has 0 fully saturated rings. The Morgan fingerprint density at radius 1 is 0.844 bits per heavy atom. The minimum atomic E-state index is -3.83. The SMILES string of the molecule is COc1ccc(Cc2nc3ccccc3nc2NS(=O)(=O)c2ccc(C)cc2)cc1OC. The van der Waals surface area contributed by atoms with E-state index in [4.69, 9.17) is 14.5 Å². The molecule has 7 nitrogen and oxygen atoms in total. The fourth-order valence-electron chi connectivity index (χ4n) is 3.33. The van der Waals surface area contributed by atoms with Crippen LogP contribution < -0.4 is 14.2 Å². The van der Waals surface area contributed by atoms with Crippen molar-refractivity contribution in [3.8, 4) is 11.5 Å². The summed E-state index contributed by atoms with van der Waals surface area (Å²) >= 11 is 0. The summed E-state index contributed by atoms with van der Waals surface area (Å²) in [6.45, 7) is 1.90. The third-order valence-corrected chi connectivity index (χ3v) is 6.38. The van der Waals surface area contributed by atoms with E-state index >= 15 is 0 Å². The Morgan fingerprint density at radius 3 is 2.16 bits per heavy atom. The van der Waals surface area contributed by atoms with Crippen molar-refractivity contribution in [1.82, 2.24) is 9.97 Å². The molecule has 1 N–H and O–H groups in total. The summed E-state index contributed by atoms with van der Waals surface area (Å²) in [5.74, 6) is 1.39. The van der Waals surface area contributed by atoms with Crippen LogP contribution in [0.1, 0.15) is 16.8 Å². The van der Waals surface area contributed by atoms with Gasteiger partial charge in [-0.3, -0.25) is 4.72 Å². The number of nitrogens with one attached hydrogen (secondary N) is 1. The van der Waals surface area contributed by atoms with E-state index in [9.17, 15) is 8.42 Å². The second kappa shape index (κ2) is 8.84. The lowest BCUT2D eigenvalue weighted by Gasteiger charge is -2.14. The van der Waals surface area contributed by atoms with E-state index in [0.29, 0.717) is 34.6 Å². The average molecular weight is 450 g/mol. The molecule has 0 saturated heterocycles. The van der Waals surface area contributed by atoms with E-state index in [1.165, 1.54) is 0 Å². The van der Waals surface area contributed by atoms with Gasteiger partial charge in [0, 0.05) is 6.42 Å². The molecule has 0 spiro atoms. The molecule has 3 aromatic carbocycles. The zero-order chi connectivity index (χ0) is 22.7. The summed E-state index contributed by atoms with van der Waals surface area (Å²) in [5.41, 5.74) is 3.64. The Balaban J connectivity index is 1.76. The minimum absolute atomic E-state index is 0.162. The standard InChI is InChI=1S/C24H23N3O4S/c1-16-8-11-18(12-9-16)32(28,29)27-24-21(25-19-6-4-5-7-20(19)26-24)14-17-10-13-22(30-2)23(15-17)31-3/h4-13,15H,14H2,1-3H3,(H,26,27). The van der Waals surface area contributed by atoms with Gasteiger partial charge in [0.2, 0.25) is 0 Å². The van der Waals surface area contributed by atoms with Crippen LogP contribution in [0.4, 0.5) is 5.82 Å². The number of anilines is 1. The van der Waals surface area contributed by atoms with E-state index in [1.54, 1.807) is 50.6 Å². The van der Waals surface area contributed by atoms with E-state index in [1.807, 2.05) is 37.3 Å². The molecule has 32 heavy (non-hydrogen) atoms. The van der Waals surface area contributed by atoms with Crippen LogP contribution >= 0.6 is 0 Å². The molecule has 0 aliphatic carbocycles. The number of benzene rings is 3. The van der Waals surface area contributed by atoms with Gasteiger partial charge in [0.1, 0.15) is 0 Å². The second-order valence-electron chi connectivity index (χ2n) is 7.29. The number of fused-ring (bicyclic) bond motifs is 1. The number of hydrogen-bond acceptors (Lipinski definition) is 6. The topological polar surface area (TPSA) is 90.4 Å². The third kappa shape index (κ3) is 4.50. The molecule has 0 radical (unpaired) electrons. The summed E-state index contributed by atoms with van der Waals surface area (Å²) in [4.78, 5) is 9.43. The molecule has 0 aliphatic heterocycles. The summed E-state index contributed by atoms with van der Waals surface area (Å²) in [6.07, 6.45) is 0.351. The van der Waals surface area contributed by atoms with Crippen LogP contribution in [0.3, 0.4) is 0 Å². The lowest BCUT2D eigenvalue weighted by Crippen LogP contribution is -2.16. The highest BCUT2D eigenvalue weighted by atomic mass is 32.2. The lowest BCUT2D eigenvalue weighted by atomic mass is 10.1. The molecular formula is C24H23N3O4S. The Labute approximate surface area is 187 Å². The van der Waals surface area contributed by atoms with Crippen molar-refractivity contribution in [3.63, 3.8) is 0 Å². The maximum Gasteiger partial charge on any atom is 0.263 e. The fourth-order valence-corrected chi connectivity index (χ4v) is 4.36. The number of sulfonamides is 1. The molecule has 164 valence electrons. The van der Waals surface area contributed by atoms with Crippen LogP contribution in [0, 0.1) is 6.92 Å². The molecule has 4 rings (SSSR count). The van der Waals surface area contributed by atoms with Gasteiger partial charge in [0.05, 0.1) is 35.8 Å². The van der Waals surface area contributed by atoms with Gasteiger partial charge in [-0.25, -0.2) is 18.4 Å². The van der Waals surface area contributed by atoms with Gasteiger partial charge in [-0.15, -0.1) is 0 Å². The van der Waals surface area contributed by atoms with Crippen molar-refractivity contribution < 1.29 is 17.9 Å². The first-order valence-electron chi connectivity index (χ1n) is 9.95. The van der Waals surface area contributed by atoms with Crippen molar-refractivity contribution in [2.75, 3.05) is 18.9 Å². The van der Waals surface area contributed by atoms with Crippen LogP contribution in [-0.2, 0) is 16.4 Å². The smallest absolute Gasteiger partial charge is 0.263 e. The Morgan fingerprint density at radius 2 is 1.50 bits per heavy atom. The van der Waals surface area contributed by atoms with Gasteiger partial charge in [0.25, 0.3) is 10.0 Å². The largest absolute Gasteiger partial charge is 0.493 e. The van der Waals surface area contributed by atoms with E-state index in [-0.39, 0.29) is 10.7 Å². The Hall–Kier alpha value is -3.65. The number of aryl methyl sites for hydroxylation is 1. The molecule has 0 saturated carbocycles. The number of methoxy groups -OCH3 is 2. The van der Waals surface area contributed by atoms with Gasteiger partial charge < -0.3 is 9.47 Å². The predicted molar refractivity (Wildman–Crippen MR) is 124 cm³/mol. The van der Waals surface area contributed by atoms with Gasteiger partial charge in [-0.05, 0) is 48.9 Å². The van der Waals surface area contributed by atoms with Crippen molar-refractivity contribution in [1.29, 1.82) is 0 Å². The van der Waals surface area contributed by atoms with Crippen LogP contribution in [0.15, 0.2) is 71.6 Å². The normalized spacial score (nSPS) is 11.3. The van der Waals surface area contributed by atoms with Crippen molar-refractivity contribution >= 4 is 26.9 Å². The van der Waals surface area contributed by atoms with Gasteiger partial charge in [-0.2, -0.15) is 0 Å². The molecule has 0 aliphatic rings. The molecule has 1 aromatic heterocycles. The molecule has 1 heterocycles. The highest BCUT2D eigenvalue weighted by Crippen LogP contribution is 2.30. The first-order chi connectivity index (χ1) is 15.4. The van der Waals surface area contributed by atoms with Gasteiger partial charge in [-0.1, -0.05) is 35.9 Å². The number of para-hydroxylation sites is 2. The van der Waals surface area contributed by atoms with Crippen LogP contribution in [0.25, 0.3) is 11.0 Å². The molecule has 0 bridgehead atoms. The molecule has 0 unspecified atom stereocenters. The molecule has 4 aromatic rings. The highest BCUT2D eigenvalue weighted by Gasteiger charge is 2.19. The Kier molecular flexibility index (Phi) is 5.96. The number of nitrogens with zero attached hydrogens (tertiary/aromatic N) is 2. The monoisotopic (exact) mass is 449 g/mol. The van der Waals surface area contributed by atoms with E-state index in [2.05, 4.69) is 9.71 Å². The third-order valence-electron chi connectivity index (χ3n) is 5.02. The minimum Gasteiger partial charge on any atom is -0.493 e. The van der Waals surface area contributed by atoms with Crippen molar-refractivity contribution in [2.24, 2.45) is 0 Å². The van der Waals surface area contributed by atoms with E-state index in [0.717, 1.165) is 11.1 Å². The summed E-state index contributed by atoms with van der Waals surface area (Å²) in [5, 5.41) is 0. The van der Waals surface area contributed by atoms with Crippen LogP contribution in [0.2, 0.25) is 0 Å².